The van der Waals surface area contributed by atoms with E-state index in [-0.39, 0.29) is 0 Å². The van der Waals surface area contributed by atoms with E-state index in [1.807, 2.05) is 0 Å². The molecular formula is C14H12O4S. The van der Waals surface area contributed by atoms with Crippen molar-refractivity contribution in [3.63, 3.8) is 0 Å². The van der Waals surface area contributed by atoms with Gasteiger partial charge in [-0.2, -0.15) is 0 Å². The minimum atomic E-state index is -3.15. The zero-order valence-corrected chi connectivity index (χ0v) is 10.7. The Morgan fingerprint density at radius 3 is 1.26 bits per heavy atom. The highest BCUT2D eigenvalue weighted by Gasteiger charge is 2.44. The van der Waals surface area contributed by atoms with Gasteiger partial charge in [0.05, 0.1) is 0 Å². The molecule has 0 radical (unpaired) electrons. The second-order valence-corrected chi connectivity index (χ2v) is 6.64. The van der Waals surface area contributed by atoms with Crippen LogP contribution in [0.3, 0.4) is 0 Å². The molecule has 2 aromatic rings. The SMILES string of the molecule is O=C(O)S(C(=O)O)(c1ccccc1)c1ccccc1. The molecule has 0 aliphatic carbocycles. The lowest BCUT2D eigenvalue weighted by Gasteiger charge is -2.30. The van der Waals surface area contributed by atoms with Crippen molar-refractivity contribution in [2.75, 3.05) is 0 Å². The Morgan fingerprint density at radius 1 is 0.684 bits per heavy atom. The summed E-state index contributed by atoms with van der Waals surface area (Å²) in [5.74, 6) is 0. The van der Waals surface area contributed by atoms with Crippen LogP contribution in [-0.4, -0.2) is 20.8 Å². The van der Waals surface area contributed by atoms with E-state index in [0.717, 1.165) is 0 Å². The molecule has 0 bridgehead atoms. The van der Waals surface area contributed by atoms with Crippen molar-refractivity contribution in [2.24, 2.45) is 0 Å². The van der Waals surface area contributed by atoms with Gasteiger partial charge in [0.25, 0.3) is 0 Å². The third-order valence-corrected chi connectivity index (χ3v) is 5.72. The van der Waals surface area contributed by atoms with Crippen molar-refractivity contribution in [3.05, 3.63) is 60.7 Å². The monoisotopic (exact) mass is 276 g/mol. The first-order valence-corrected chi connectivity index (χ1v) is 7.13. The second kappa shape index (κ2) is 5.16. The molecule has 0 saturated carbocycles. The molecule has 4 nitrogen and oxygen atoms in total. The Morgan fingerprint density at radius 2 is 1.00 bits per heavy atom. The molecule has 0 aliphatic heterocycles. The first-order valence-electron chi connectivity index (χ1n) is 5.49. The molecule has 0 fully saturated rings. The van der Waals surface area contributed by atoms with E-state index in [4.69, 9.17) is 0 Å². The van der Waals surface area contributed by atoms with Crippen LogP contribution in [0.5, 0.6) is 0 Å². The number of benzene rings is 2. The summed E-state index contributed by atoms with van der Waals surface area (Å²) in [6.07, 6.45) is 0. The Balaban J connectivity index is 2.77. The standard InChI is InChI=1S/C14H12O4S/c15-13(16)19(14(17)18,11-7-3-1-4-8-11)12-9-5-2-6-10-12/h1-10H,(H,15,16)(H,17,18). The Hall–Kier alpha value is -2.27. The lowest BCUT2D eigenvalue weighted by molar-refractivity contribution is 0.215. The van der Waals surface area contributed by atoms with Crippen molar-refractivity contribution >= 4 is 20.6 Å². The summed E-state index contributed by atoms with van der Waals surface area (Å²) < 4.78 is 0. The third-order valence-electron chi connectivity index (χ3n) is 2.72. The fourth-order valence-electron chi connectivity index (χ4n) is 1.86. The van der Waals surface area contributed by atoms with Crippen LogP contribution in [0, 0.1) is 0 Å². The lowest BCUT2D eigenvalue weighted by atomic mass is 10.4. The number of carboxylic acid groups (broad SMARTS) is 2. The number of carbonyl (C=O) groups is 2. The maximum atomic E-state index is 11.7. The summed E-state index contributed by atoms with van der Waals surface area (Å²) in [4.78, 5) is 24.1. The minimum absolute atomic E-state index is 0.307. The lowest BCUT2D eigenvalue weighted by Crippen LogP contribution is -2.19. The molecule has 0 aliphatic rings. The zero-order valence-electron chi connectivity index (χ0n) is 9.89. The Labute approximate surface area is 111 Å². The highest BCUT2D eigenvalue weighted by molar-refractivity contribution is 8.55. The number of hydrogen-bond acceptors (Lipinski definition) is 2. The maximum Gasteiger partial charge on any atom is 0.365 e. The predicted octanol–water partition coefficient (Wildman–Crippen LogP) is 4.27. The fourth-order valence-corrected chi connectivity index (χ4v) is 4.22. The normalized spacial score (nSPS) is 11.8. The van der Waals surface area contributed by atoms with Gasteiger partial charge in [0, 0.05) is 19.8 Å². The number of rotatable bonds is 2. The highest BCUT2D eigenvalue weighted by atomic mass is 32.3. The summed E-state index contributed by atoms with van der Waals surface area (Å²) in [5, 5.41) is 16.5. The van der Waals surface area contributed by atoms with E-state index in [1.54, 1.807) is 60.7 Å². The molecule has 0 unspecified atom stereocenters. The molecule has 0 atom stereocenters. The largest absolute Gasteiger partial charge is 0.473 e. The predicted molar refractivity (Wildman–Crippen MR) is 73.1 cm³/mol. The molecule has 98 valence electrons. The molecular weight excluding hydrogens is 264 g/mol. The second-order valence-electron chi connectivity index (χ2n) is 3.77. The van der Waals surface area contributed by atoms with Crippen LogP contribution in [0.2, 0.25) is 0 Å². The van der Waals surface area contributed by atoms with E-state index >= 15 is 0 Å². The van der Waals surface area contributed by atoms with E-state index in [1.165, 1.54) is 0 Å². The van der Waals surface area contributed by atoms with Gasteiger partial charge in [-0.15, -0.1) is 0 Å². The molecule has 0 heterocycles. The van der Waals surface area contributed by atoms with Crippen LogP contribution in [-0.2, 0) is 0 Å². The summed E-state index contributed by atoms with van der Waals surface area (Å²) in [5.41, 5.74) is 0. The maximum absolute atomic E-state index is 11.7. The van der Waals surface area contributed by atoms with Crippen molar-refractivity contribution in [3.8, 4) is 0 Å². The van der Waals surface area contributed by atoms with Gasteiger partial charge in [-0.25, -0.2) is 9.59 Å². The smallest absolute Gasteiger partial charge is 0.365 e. The molecule has 0 aromatic heterocycles. The van der Waals surface area contributed by atoms with Crippen molar-refractivity contribution < 1.29 is 19.8 Å². The molecule has 19 heavy (non-hydrogen) atoms. The minimum Gasteiger partial charge on any atom is -0.473 e. The number of hydrogen-bond donors (Lipinski definition) is 2. The van der Waals surface area contributed by atoms with Gasteiger partial charge in [-0.05, 0) is 24.3 Å². The quantitative estimate of drug-likeness (QED) is 0.859. The molecule has 2 aromatic carbocycles. The van der Waals surface area contributed by atoms with E-state index in [0.29, 0.717) is 9.79 Å². The molecule has 5 heteroatoms. The highest BCUT2D eigenvalue weighted by Crippen LogP contribution is 2.63. The topological polar surface area (TPSA) is 74.6 Å². The van der Waals surface area contributed by atoms with Crippen molar-refractivity contribution in [2.45, 2.75) is 9.79 Å². The van der Waals surface area contributed by atoms with Gasteiger partial charge in [0.2, 0.25) is 0 Å². The Bertz CT molecular complexity index is 540. The van der Waals surface area contributed by atoms with Gasteiger partial charge < -0.3 is 10.2 Å². The van der Waals surface area contributed by atoms with Crippen LogP contribution in [0.15, 0.2) is 70.5 Å². The summed E-state index contributed by atoms with van der Waals surface area (Å²) >= 11 is 0. The van der Waals surface area contributed by atoms with Gasteiger partial charge in [0.15, 0.2) is 0 Å². The van der Waals surface area contributed by atoms with Crippen LogP contribution >= 0.6 is 10.0 Å². The van der Waals surface area contributed by atoms with E-state index < -0.39 is 20.6 Å². The van der Waals surface area contributed by atoms with E-state index in [9.17, 15) is 19.8 Å². The Kier molecular flexibility index (Phi) is 3.57. The van der Waals surface area contributed by atoms with Crippen LogP contribution in [0.1, 0.15) is 0 Å². The van der Waals surface area contributed by atoms with Gasteiger partial charge in [0.1, 0.15) is 0 Å². The molecule has 0 amide bonds. The van der Waals surface area contributed by atoms with Crippen LogP contribution < -0.4 is 0 Å². The van der Waals surface area contributed by atoms with Gasteiger partial charge in [-0.1, -0.05) is 36.4 Å². The first kappa shape index (κ1) is 13.2. The van der Waals surface area contributed by atoms with Crippen LogP contribution in [0.4, 0.5) is 9.59 Å². The first-order chi connectivity index (χ1) is 9.10. The molecule has 2 rings (SSSR count). The van der Waals surface area contributed by atoms with Gasteiger partial charge in [-0.3, -0.25) is 0 Å². The van der Waals surface area contributed by atoms with Crippen molar-refractivity contribution in [1.29, 1.82) is 0 Å². The van der Waals surface area contributed by atoms with Crippen LogP contribution in [0.25, 0.3) is 0 Å². The average molecular weight is 276 g/mol. The zero-order chi connectivity index (χ0) is 13.9. The van der Waals surface area contributed by atoms with Crippen molar-refractivity contribution in [1.82, 2.24) is 0 Å². The fraction of sp³-hybridized carbons (Fsp3) is 0. The molecule has 0 saturated heterocycles. The summed E-state index contributed by atoms with van der Waals surface area (Å²) in [6.45, 7) is 0. The summed E-state index contributed by atoms with van der Waals surface area (Å²) in [7, 11) is -3.15. The third kappa shape index (κ3) is 2.08. The van der Waals surface area contributed by atoms with Gasteiger partial charge >= 0.3 is 10.6 Å². The molecule has 0 spiro atoms. The van der Waals surface area contributed by atoms with E-state index in [2.05, 4.69) is 0 Å². The average Bonchev–Trinajstić information content (AvgIpc) is 2.41. The summed E-state index contributed by atoms with van der Waals surface area (Å²) in [6, 6.07) is 16.2. The molecule has 2 N–H and O–H groups in total.